The van der Waals surface area contributed by atoms with Gasteiger partial charge in [0, 0.05) is 35.2 Å². The summed E-state index contributed by atoms with van der Waals surface area (Å²) in [5, 5.41) is 1.90. The van der Waals surface area contributed by atoms with Gasteiger partial charge in [-0.25, -0.2) is 9.97 Å². The number of halogens is 1. The van der Waals surface area contributed by atoms with Gasteiger partial charge >= 0.3 is 0 Å². The number of hydrogen-bond donors (Lipinski definition) is 0. The number of thiophene rings is 1. The summed E-state index contributed by atoms with van der Waals surface area (Å²) in [6, 6.07) is 1.84. The first-order chi connectivity index (χ1) is 10.7. The van der Waals surface area contributed by atoms with Crippen molar-refractivity contribution in [1.29, 1.82) is 0 Å². The van der Waals surface area contributed by atoms with Crippen molar-refractivity contribution in [2.75, 3.05) is 20.2 Å². The SMILES string of the molecule is COc1nccnc1OC1CCN(C(=O)c2cc(Br)cs2)C1. The lowest BCUT2D eigenvalue weighted by atomic mass is 10.3. The highest BCUT2D eigenvalue weighted by molar-refractivity contribution is 9.10. The molecule has 2 aromatic rings. The summed E-state index contributed by atoms with van der Waals surface area (Å²) < 4.78 is 11.9. The molecule has 3 rings (SSSR count). The molecular weight excluding hydrogens is 370 g/mol. The first-order valence-electron chi connectivity index (χ1n) is 6.72. The molecule has 8 heteroatoms. The lowest BCUT2D eigenvalue weighted by Crippen LogP contribution is -2.30. The molecule has 0 N–H and O–H groups in total. The molecule has 0 radical (unpaired) electrons. The Morgan fingerprint density at radius 1 is 1.41 bits per heavy atom. The van der Waals surface area contributed by atoms with E-state index in [4.69, 9.17) is 9.47 Å². The number of likely N-dealkylation sites (tertiary alicyclic amines) is 1. The van der Waals surface area contributed by atoms with Crippen molar-refractivity contribution in [3.63, 3.8) is 0 Å². The average Bonchev–Trinajstić information content (AvgIpc) is 3.16. The van der Waals surface area contributed by atoms with Gasteiger partial charge in [0.1, 0.15) is 6.10 Å². The summed E-state index contributed by atoms with van der Waals surface area (Å²) in [6.07, 6.45) is 3.76. The Balaban J connectivity index is 1.64. The van der Waals surface area contributed by atoms with Crippen molar-refractivity contribution >= 4 is 33.2 Å². The van der Waals surface area contributed by atoms with E-state index in [1.165, 1.54) is 18.4 Å². The fraction of sp³-hybridized carbons (Fsp3) is 0.357. The number of rotatable bonds is 4. The van der Waals surface area contributed by atoms with Crippen LogP contribution in [0.1, 0.15) is 16.1 Å². The standard InChI is InChI=1S/C14H14BrN3O3S/c1-20-12-13(17-4-3-16-12)21-10-2-5-18(7-10)14(19)11-6-9(15)8-22-11/h3-4,6,8,10H,2,5,7H2,1H3. The fourth-order valence-electron chi connectivity index (χ4n) is 2.28. The van der Waals surface area contributed by atoms with Crippen molar-refractivity contribution in [1.82, 2.24) is 14.9 Å². The van der Waals surface area contributed by atoms with E-state index in [1.807, 2.05) is 11.4 Å². The molecular formula is C14H14BrN3O3S. The molecule has 0 spiro atoms. The fourth-order valence-corrected chi connectivity index (χ4v) is 3.67. The Bertz CT molecular complexity index is 679. The summed E-state index contributed by atoms with van der Waals surface area (Å²) in [5.41, 5.74) is 0. The number of carbonyl (C=O) groups excluding carboxylic acids is 1. The van der Waals surface area contributed by atoms with E-state index in [-0.39, 0.29) is 12.0 Å². The molecule has 1 unspecified atom stereocenters. The topological polar surface area (TPSA) is 64.6 Å². The third kappa shape index (κ3) is 3.22. The van der Waals surface area contributed by atoms with E-state index in [1.54, 1.807) is 17.3 Å². The molecule has 1 aliphatic heterocycles. The molecule has 0 aromatic carbocycles. The molecule has 0 saturated carbocycles. The summed E-state index contributed by atoms with van der Waals surface area (Å²) in [4.78, 5) is 23.1. The van der Waals surface area contributed by atoms with Gasteiger partial charge in [0.05, 0.1) is 18.5 Å². The molecule has 1 amide bonds. The van der Waals surface area contributed by atoms with Crippen LogP contribution in [0.15, 0.2) is 28.3 Å². The monoisotopic (exact) mass is 383 g/mol. The van der Waals surface area contributed by atoms with Crippen LogP contribution in [-0.2, 0) is 0 Å². The van der Waals surface area contributed by atoms with Gasteiger partial charge in [-0.05, 0) is 22.0 Å². The van der Waals surface area contributed by atoms with Crippen molar-refractivity contribution in [3.05, 3.63) is 33.2 Å². The zero-order chi connectivity index (χ0) is 15.5. The zero-order valence-corrected chi connectivity index (χ0v) is 14.3. The van der Waals surface area contributed by atoms with Gasteiger partial charge in [0.15, 0.2) is 0 Å². The Labute approximate surface area is 140 Å². The Kier molecular flexibility index (Phi) is 4.58. The molecule has 0 bridgehead atoms. The van der Waals surface area contributed by atoms with Crippen molar-refractivity contribution in [2.45, 2.75) is 12.5 Å². The molecule has 116 valence electrons. The van der Waals surface area contributed by atoms with Gasteiger partial charge in [-0.2, -0.15) is 0 Å². The molecule has 1 saturated heterocycles. The predicted octanol–water partition coefficient (Wildman–Crippen LogP) is 2.60. The zero-order valence-electron chi connectivity index (χ0n) is 11.9. The molecule has 1 aliphatic rings. The van der Waals surface area contributed by atoms with Crippen molar-refractivity contribution < 1.29 is 14.3 Å². The van der Waals surface area contributed by atoms with E-state index in [9.17, 15) is 4.79 Å². The lowest BCUT2D eigenvalue weighted by Gasteiger charge is -2.16. The quantitative estimate of drug-likeness (QED) is 0.811. The number of nitrogens with zero attached hydrogens (tertiary/aromatic N) is 3. The number of amides is 1. The number of ether oxygens (including phenoxy) is 2. The minimum Gasteiger partial charge on any atom is -0.477 e. The van der Waals surface area contributed by atoms with Gasteiger partial charge in [0.25, 0.3) is 17.7 Å². The second kappa shape index (κ2) is 6.62. The normalized spacial score (nSPS) is 17.5. The summed E-state index contributed by atoms with van der Waals surface area (Å²) in [6.45, 7) is 1.20. The van der Waals surface area contributed by atoms with Gasteiger partial charge in [0.2, 0.25) is 0 Å². The van der Waals surface area contributed by atoms with Crippen LogP contribution in [0.25, 0.3) is 0 Å². The highest BCUT2D eigenvalue weighted by Crippen LogP contribution is 2.26. The summed E-state index contributed by atoms with van der Waals surface area (Å²) >= 11 is 4.80. The Hall–Kier alpha value is -1.67. The van der Waals surface area contributed by atoms with Crippen molar-refractivity contribution in [2.24, 2.45) is 0 Å². The second-order valence-corrected chi connectivity index (χ2v) is 6.61. The third-order valence-corrected chi connectivity index (χ3v) is 4.99. The number of hydrogen-bond acceptors (Lipinski definition) is 6. The smallest absolute Gasteiger partial charge is 0.278 e. The van der Waals surface area contributed by atoms with E-state index in [2.05, 4.69) is 25.9 Å². The molecule has 1 fully saturated rings. The maximum atomic E-state index is 12.4. The van der Waals surface area contributed by atoms with Crippen LogP contribution in [-0.4, -0.2) is 47.1 Å². The maximum Gasteiger partial charge on any atom is 0.278 e. The summed E-state index contributed by atoms with van der Waals surface area (Å²) in [5.74, 6) is 0.755. The van der Waals surface area contributed by atoms with E-state index in [0.29, 0.717) is 24.8 Å². The second-order valence-electron chi connectivity index (χ2n) is 4.78. The molecule has 2 aromatic heterocycles. The molecule has 3 heterocycles. The molecule has 22 heavy (non-hydrogen) atoms. The summed E-state index contributed by atoms with van der Waals surface area (Å²) in [7, 11) is 1.52. The minimum absolute atomic E-state index is 0.0351. The number of aromatic nitrogens is 2. The molecule has 0 aliphatic carbocycles. The van der Waals surface area contributed by atoms with Crippen LogP contribution in [0.5, 0.6) is 11.8 Å². The minimum atomic E-state index is -0.0991. The third-order valence-electron chi connectivity index (χ3n) is 3.32. The van der Waals surface area contributed by atoms with Gasteiger partial charge in [-0.15, -0.1) is 11.3 Å². The van der Waals surface area contributed by atoms with E-state index < -0.39 is 0 Å². The van der Waals surface area contributed by atoms with Gasteiger partial charge in [-0.3, -0.25) is 4.79 Å². The van der Waals surface area contributed by atoms with Crippen LogP contribution in [0.3, 0.4) is 0 Å². The Morgan fingerprint density at radius 3 is 2.86 bits per heavy atom. The first-order valence-corrected chi connectivity index (χ1v) is 8.39. The van der Waals surface area contributed by atoms with Crippen LogP contribution in [0.2, 0.25) is 0 Å². The van der Waals surface area contributed by atoms with Gasteiger partial charge in [-0.1, -0.05) is 0 Å². The number of carbonyl (C=O) groups is 1. The van der Waals surface area contributed by atoms with Crippen LogP contribution in [0.4, 0.5) is 0 Å². The van der Waals surface area contributed by atoms with Crippen molar-refractivity contribution in [3.8, 4) is 11.8 Å². The van der Waals surface area contributed by atoms with Gasteiger partial charge < -0.3 is 14.4 Å². The Morgan fingerprint density at radius 2 is 2.18 bits per heavy atom. The van der Waals surface area contributed by atoms with E-state index in [0.717, 1.165) is 15.8 Å². The lowest BCUT2D eigenvalue weighted by molar-refractivity contribution is 0.0775. The molecule has 1 atom stereocenters. The number of methoxy groups -OCH3 is 1. The van der Waals surface area contributed by atoms with Crippen LogP contribution < -0.4 is 9.47 Å². The van der Waals surface area contributed by atoms with E-state index >= 15 is 0 Å². The largest absolute Gasteiger partial charge is 0.477 e. The average molecular weight is 384 g/mol. The maximum absolute atomic E-state index is 12.4. The molecule has 6 nitrogen and oxygen atoms in total. The highest BCUT2D eigenvalue weighted by atomic mass is 79.9. The predicted molar refractivity (Wildman–Crippen MR) is 85.5 cm³/mol. The first kappa shape index (κ1) is 15.2. The highest BCUT2D eigenvalue weighted by Gasteiger charge is 2.30. The van der Waals surface area contributed by atoms with Crippen LogP contribution in [0, 0.1) is 0 Å². The van der Waals surface area contributed by atoms with Crippen LogP contribution >= 0.6 is 27.3 Å².